The number of amides is 2. The maximum atomic E-state index is 12.0. The lowest BCUT2D eigenvalue weighted by Crippen LogP contribution is -2.45. The van der Waals surface area contributed by atoms with Crippen molar-refractivity contribution in [2.45, 2.75) is 25.4 Å². The minimum atomic E-state index is -1.08. The second-order valence-electron chi connectivity index (χ2n) is 4.88. The fourth-order valence-electron chi connectivity index (χ4n) is 2.01. The molecule has 22 heavy (non-hydrogen) atoms. The molecular formula is C14H16N4O4. The van der Waals surface area contributed by atoms with Gasteiger partial charge in [0.15, 0.2) is 6.04 Å². The number of carboxylic acids is 1. The van der Waals surface area contributed by atoms with Gasteiger partial charge >= 0.3 is 5.97 Å². The molecule has 8 heteroatoms. The lowest BCUT2D eigenvalue weighted by Gasteiger charge is -2.19. The quantitative estimate of drug-likeness (QED) is 0.688. The van der Waals surface area contributed by atoms with Crippen LogP contribution in [0, 0.1) is 0 Å². The highest BCUT2D eigenvalue weighted by atomic mass is 16.4. The van der Waals surface area contributed by atoms with E-state index in [0.29, 0.717) is 5.69 Å². The van der Waals surface area contributed by atoms with Gasteiger partial charge < -0.3 is 16.2 Å². The third-order valence-corrected chi connectivity index (χ3v) is 3.25. The van der Waals surface area contributed by atoms with E-state index in [1.54, 1.807) is 30.3 Å². The van der Waals surface area contributed by atoms with Gasteiger partial charge in [-0.15, -0.1) is 0 Å². The summed E-state index contributed by atoms with van der Waals surface area (Å²) in [4.78, 5) is 34.4. The lowest BCUT2D eigenvalue weighted by molar-refractivity contribution is -0.138. The zero-order chi connectivity index (χ0) is 16.3. The minimum absolute atomic E-state index is 0.0457. The highest BCUT2D eigenvalue weighted by molar-refractivity contribution is 6.40. The molecule has 116 valence electrons. The smallest absolute Gasteiger partial charge is 0.328 e. The lowest BCUT2D eigenvalue weighted by atomic mass is 10.1. The second kappa shape index (κ2) is 6.25. The Morgan fingerprint density at radius 3 is 2.55 bits per heavy atom. The number of hydrogen-bond donors (Lipinski definition) is 3. The van der Waals surface area contributed by atoms with Gasteiger partial charge in [-0.05, 0) is 19.1 Å². The van der Waals surface area contributed by atoms with Gasteiger partial charge in [0, 0.05) is 6.42 Å². The van der Waals surface area contributed by atoms with E-state index < -0.39 is 29.9 Å². The number of hydrogen-bond acceptors (Lipinski definition) is 5. The molecule has 2 amide bonds. The van der Waals surface area contributed by atoms with E-state index in [2.05, 4.69) is 10.4 Å². The number of para-hydroxylation sites is 1. The van der Waals surface area contributed by atoms with Crippen LogP contribution in [-0.4, -0.2) is 40.7 Å². The summed E-state index contributed by atoms with van der Waals surface area (Å²) in [6.07, 6.45) is -0.0540. The number of aliphatic carboxylic acids is 1. The van der Waals surface area contributed by atoms with E-state index in [1.807, 2.05) is 0 Å². The van der Waals surface area contributed by atoms with Crippen LogP contribution in [-0.2, 0) is 14.4 Å². The van der Waals surface area contributed by atoms with Crippen molar-refractivity contribution in [3.8, 4) is 0 Å². The standard InChI is InChI=1S/C14H16N4O4/c1-8(12(15)19)16-13(20)10-7-11(14(21)22)18(17-10)9-5-3-2-4-6-9/h2-6,8,11H,7H2,1H3,(H2,15,19)(H,16,20)(H,21,22)/t8-,11?/m0/s1. The predicted molar refractivity (Wildman–Crippen MR) is 79.2 cm³/mol. The van der Waals surface area contributed by atoms with Gasteiger partial charge in [0.25, 0.3) is 5.91 Å². The molecule has 2 atom stereocenters. The summed E-state index contributed by atoms with van der Waals surface area (Å²) in [6.45, 7) is 1.44. The molecule has 0 saturated carbocycles. The van der Waals surface area contributed by atoms with Crippen molar-refractivity contribution in [1.29, 1.82) is 0 Å². The first kappa shape index (κ1) is 15.5. The molecule has 0 fully saturated rings. The molecule has 0 aliphatic carbocycles. The van der Waals surface area contributed by atoms with Crippen LogP contribution in [0.1, 0.15) is 13.3 Å². The average Bonchev–Trinajstić information content (AvgIpc) is 2.93. The highest BCUT2D eigenvalue weighted by Crippen LogP contribution is 2.24. The van der Waals surface area contributed by atoms with Crippen LogP contribution in [0.2, 0.25) is 0 Å². The molecule has 0 spiro atoms. The van der Waals surface area contributed by atoms with Crippen molar-refractivity contribution < 1.29 is 19.5 Å². The van der Waals surface area contributed by atoms with Crippen molar-refractivity contribution >= 4 is 29.2 Å². The number of carboxylic acid groups (broad SMARTS) is 1. The van der Waals surface area contributed by atoms with E-state index in [9.17, 15) is 19.5 Å². The SMILES string of the molecule is C[C@H](NC(=O)C1=NN(c2ccccc2)C(C(=O)O)C1)C(N)=O. The summed E-state index contributed by atoms with van der Waals surface area (Å²) in [5, 5.41) is 17.0. The van der Waals surface area contributed by atoms with Crippen LogP contribution in [0.25, 0.3) is 0 Å². The molecule has 1 aliphatic heterocycles. The first-order chi connectivity index (χ1) is 10.4. The third-order valence-electron chi connectivity index (χ3n) is 3.25. The molecule has 8 nitrogen and oxygen atoms in total. The van der Waals surface area contributed by atoms with E-state index in [1.165, 1.54) is 11.9 Å². The zero-order valence-corrected chi connectivity index (χ0v) is 11.9. The van der Waals surface area contributed by atoms with Gasteiger partial charge in [-0.3, -0.25) is 14.6 Å². The average molecular weight is 304 g/mol. The number of benzene rings is 1. The second-order valence-corrected chi connectivity index (χ2v) is 4.88. The Labute approximate surface area is 126 Å². The van der Waals surface area contributed by atoms with Crippen LogP contribution >= 0.6 is 0 Å². The van der Waals surface area contributed by atoms with Crippen molar-refractivity contribution in [2.75, 3.05) is 5.01 Å². The molecule has 1 aliphatic rings. The molecule has 1 aromatic rings. The highest BCUT2D eigenvalue weighted by Gasteiger charge is 2.36. The fourth-order valence-corrected chi connectivity index (χ4v) is 2.01. The van der Waals surface area contributed by atoms with Gasteiger partial charge in [-0.2, -0.15) is 5.10 Å². The van der Waals surface area contributed by atoms with E-state index in [4.69, 9.17) is 5.73 Å². The number of nitrogens with zero attached hydrogens (tertiary/aromatic N) is 2. The predicted octanol–water partition coefficient (Wildman–Crippen LogP) is -0.304. The molecular weight excluding hydrogens is 288 g/mol. The van der Waals surface area contributed by atoms with Crippen molar-refractivity contribution in [3.63, 3.8) is 0 Å². The monoisotopic (exact) mass is 304 g/mol. The van der Waals surface area contributed by atoms with E-state index >= 15 is 0 Å². The van der Waals surface area contributed by atoms with Crippen LogP contribution in [0.5, 0.6) is 0 Å². The van der Waals surface area contributed by atoms with Gasteiger partial charge in [0.1, 0.15) is 11.8 Å². The van der Waals surface area contributed by atoms with E-state index in [0.717, 1.165) is 0 Å². The van der Waals surface area contributed by atoms with E-state index in [-0.39, 0.29) is 12.1 Å². The Morgan fingerprint density at radius 2 is 2.00 bits per heavy atom. The Kier molecular flexibility index (Phi) is 4.40. The zero-order valence-electron chi connectivity index (χ0n) is 11.9. The van der Waals surface area contributed by atoms with Crippen LogP contribution in [0.15, 0.2) is 35.4 Å². The largest absolute Gasteiger partial charge is 0.480 e. The van der Waals surface area contributed by atoms with Crippen LogP contribution < -0.4 is 16.1 Å². The number of nitrogens with two attached hydrogens (primary N) is 1. The van der Waals surface area contributed by atoms with Gasteiger partial charge in [-0.1, -0.05) is 18.2 Å². The number of carbonyl (C=O) groups excluding carboxylic acids is 2. The Bertz CT molecular complexity index is 629. The molecule has 0 aromatic heterocycles. The number of primary amides is 1. The maximum Gasteiger partial charge on any atom is 0.328 e. The summed E-state index contributed by atoms with van der Waals surface area (Å²) < 4.78 is 0. The molecule has 0 saturated heterocycles. The first-order valence-electron chi connectivity index (χ1n) is 6.65. The van der Waals surface area contributed by atoms with Crippen molar-refractivity contribution in [2.24, 2.45) is 10.8 Å². The molecule has 0 bridgehead atoms. The summed E-state index contributed by atoms with van der Waals surface area (Å²) in [7, 11) is 0. The Morgan fingerprint density at radius 1 is 1.36 bits per heavy atom. The number of nitrogens with one attached hydrogen (secondary N) is 1. The van der Waals surface area contributed by atoms with Gasteiger partial charge in [0.2, 0.25) is 5.91 Å². The minimum Gasteiger partial charge on any atom is -0.480 e. The van der Waals surface area contributed by atoms with Gasteiger partial charge in [-0.25, -0.2) is 4.79 Å². The number of carbonyl (C=O) groups is 3. The van der Waals surface area contributed by atoms with Crippen LogP contribution in [0.3, 0.4) is 0 Å². The fraction of sp³-hybridized carbons (Fsp3) is 0.286. The Balaban J connectivity index is 2.21. The summed E-state index contributed by atoms with van der Waals surface area (Å²) in [6, 6.07) is 6.87. The van der Waals surface area contributed by atoms with Gasteiger partial charge in [0.05, 0.1) is 5.69 Å². The normalized spacial score (nSPS) is 18.5. The number of hydrazone groups is 1. The van der Waals surface area contributed by atoms with Crippen LogP contribution in [0.4, 0.5) is 5.69 Å². The van der Waals surface area contributed by atoms with Crippen molar-refractivity contribution in [1.82, 2.24) is 5.32 Å². The number of rotatable bonds is 5. The molecule has 2 rings (SSSR count). The first-order valence-corrected chi connectivity index (χ1v) is 6.65. The molecule has 4 N–H and O–H groups in total. The molecule has 1 heterocycles. The van der Waals surface area contributed by atoms with Crippen molar-refractivity contribution in [3.05, 3.63) is 30.3 Å². The summed E-state index contributed by atoms with van der Waals surface area (Å²) in [5.74, 6) is -2.36. The maximum absolute atomic E-state index is 12.0. The topological polar surface area (TPSA) is 125 Å². The summed E-state index contributed by atoms with van der Waals surface area (Å²) >= 11 is 0. The number of anilines is 1. The Hall–Kier alpha value is -2.90. The third kappa shape index (κ3) is 3.22. The molecule has 0 radical (unpaired) electrons. The molecule has 1 aromatic carbocycles. The summed E-state index contributed by atoms with van der Waals surface area (Å²) in [5.41, 5.74) is 5.69. The molecule has 1 unspecified atom stereocenters.